The summed E-state index contributed by atoms with van der Waals surface area (Å²) in [6.07, 6.45) is 0.958. The fourth-order valence-electron chi connectivity index (χ4n) is 1.10. The summed E-state index contributed by atoms with van der Waals surface area (Å²) >= 11 is 0. The third kappa shape index (κ3) is 5.00. The molecule has 0 aliphatic rings. The molecule has 0 unspecified atom stereocenters. The molecule has 16 heavy (non-hydrogen) atoms. The molecule has 0 radical (unpaired) electrons. The molecule has 4 nitrogen and oxygen atoms in total. The Morgan fingerprint density at radius 2 is 2.25 bits per heavy atom. The Balaban J connectivity index is 0.00000225. The van der Waals surface area contributed by atoms with Crippen molar-refractivity contribution in [2.24, 2.45) is 5.73 Å². The first-order chi connectivity index (χ1) is 7.26. The predicted molar refractivity (Wildman–Crippen MR) is 67.2 cm³/mol. The van der Waals surface area contributed by atoms with Gasteiger partial charge in [0.2, 0.25) is 5.91 Å². The van der Waals surface area contributed by atoms with Crippen LogP contribution in [0, 0.1) is 0 Å². The normalized spacial score (nSPS) is 9.12. The van der Waals surface area contributed by atoms with Crippen LogP contribution >= 0.6 is 12.4 Å². The largest absolute Gasteiger partial charge is 0.494 e. The average Bonchev–Trinajstić information content (AvgIpc) is 2.26. The van der Waals surface area contributed by atoms with Crippen LogP contribution in [0.1, 0.15) is 13.3 Å². The second-order valence-electron chi connectivity index (χ2n) is 3.13. The van der Waals surface area contributed by atoms with Gasteiger partial charge in [0.05, 0.1) is 13.2 Å². The number of hydrogen-bond donors (Lipinski definition) is 2. The van der Waals surface area contributed by atoms with Crippen LogP contribution in [0.4, 0.5) is 5.69 Å². The van der Waals surface area contributed by atoms with Gasteiger partial charge < -0.3 is 15.8 Å². The van der Waals surface area contributed by atoms with Crippen LogP contribution in [-0.2, 0) is 4.79 Å². The zero-order valence-corrected chi connectivity index (χ0v) is 10.0. The highest BCUT2D eigenvalue weighted by Crippen LogP contribution is 2.17. The Morgan fingerprint density at radius 1 is 1.50 bits per heavy atom. The van der Waals surface area contributed by atoms with E-state index in [9.17, 15) is 4.79 Å². The molecule has 0 aliphatic carbocycles. The molecule has 0 spiro atoms. The first-order valence-electron chi connectivity index (χ1n) is 4.99. The summed E-state index contributed by atoms with van der Waals surface area (Å²) in [4.78, 5) is 11.0. The summed E-state index contributed by atoms with van der Waals surface area (Å²) in [5.74, 6) is 0.550. The standard InChI is InChI=1S/C11H16N2O2.ClH/c1-2-6-15-10-5-3-4-9(7-10)13-11(14)8-12;/h3-5,7H,2,6,8,12H2,1H3,(H,13,14);1H. The number of nitrogens with two attached hydrogens (primary N) is 1. The summed E-state index contributed by atoms with van der Waals surface area (Å²) < 4.78 is 5.43. The second kappa shape index (κ2) is 7.96. The molecule has 1 aromatic rings. The fraction of sp³-hybridized carbons (Fsp3) is 0.364. The van der Waals surface area contributed by atoms with Crippen molar-refractivity contribution in [3.8, 4) is 5.75 Å². The maximum atomic E-state index is 11.0. The molecule has 0 saturated carbocycles. The molecular weight excluding hydrogens is 228 g/mol. The quantitative estimate of drug-likeness (QED) is 0.830. The van der Waals surface area contributed by atoms with Crippen molar-refractivity contribution in [2.45, 2.75) is 13.3 Å². The highest BCUT2D eigenvalue weighted by Gasteiger charge is 2.00. The number of rotatable bonds is 5. The molecule has 90 valence electrons. The van der Waals surface area contributed by atoms with Crippen LogP contribution < -0.4 is 15.8 Å². The number of benzene rings is 1. The minimum absolute atomic E-state index is 0. The number of nitrogens with one attached hydrogen (secondary N) is 1. The molecule has 0 aromatic heterocycles. The van der Waals surface area contributed by atoms with E-state index in [1.54, 1.807) is 12.1 Å². The Morgan fingerprint density at radius 3 is 2.88 bits per heavy atom. The highest BCUT2D eigenvalue weighted by atomic mass is 35.5. The van der Waals surface area contributed by atoms with Crippen molar-refractivity contribution >= 4 is 24.0 Å². The van der Waals surface area contributed by atoms with Crippen molar-refractivity contribution in [2.75, 3.05) is 18.5 Å². The van der Waals surface area contributed by atoms with Crippen LogP contribution in [-0.4, -0.2) is 19.1 Å². The van der Waals surface area contributed by atoms with Gasteiger partial charge in [0, 0.05) is 11.8 Å². The van der Waals surface area contributed by atoms with Gasteiger partial charge in [-0.1, -0.05) is 13.0 Å². The first-order valence-corrected chi connectivity index (χ1v) is 4.99. The molecule has 3 N–H and O–H groups in total. The molecule has 0 fully saturated rings. The lowest BCUT2D eigenvalue weighted by Gasteiger charge is -2.07. The number of carbonyl (C=O) groups is 1. The van der Waals surface area contributed by atoms with Gasteiger partial charge in [-0.3, -0.25) is 4.79 Å². The van der Waals surface area contributed by atoms with Crippen molar-refractivity contribution in [3.05, 3.63) is 24.3 Å². The lowest BCUT2D eigenvalue weighted by Crippen LogP contribution is -2.21. The summed E-state index contributed by atoms with van der Waals surface area (Å²) in [5, 5.41) is 2.66. The number of ether oxygens (including phenoxy) is 1. The topological polar surface area (TPSA) is 64.3 Å². The molecule has 1 amide bonds. The van der Waals surface area contributed by atoms with Gasteiger partial charge in [-0.25, -0.2) is 0 Å². The summed E-state index contributed by atoms with van der Waals surface area (Å²) in [5.41, 5.74) is 5.90. The van der Waals surface area contributed by atoms with E-state index < -0.39 is 0 Å². The van der Waals surface area contributed by atoms with Gasteiger partial charge in [-0.2, -0.15) is 0 Å². The maximum absolute atomic E-state index is 11.0. The third-order valence-electron chi connectivity index (χ3n) is 1.78. The smallest absolute Gasteiger partial charge is 0.238 e. The average molecular weight is 245 g/mol. The van der Waals surface area contributed by atoms with Crippen molar-refractivity contribution in [1.82, 2.24) is 0 Å². The van der Waals surface area contributed by atoms with Crippen molar-refractivity contribution in [1.29, 1.82) is 0 Å². The molecule has 0 atom stereocenters. The number of carbonyl (C=O) groups excluding carboxylic acids is 1. The van der Waals surface area contributed by atoms with Gasteiger partial charge in [0.1, 0.15) is 5.75 Å². The molecule has 5 heteroatoms. The van der Waals surface area contributed by atoms with Gasteiger partial charge >= 0.3 is 0 Å². The summed E-state index contributed by atoms with van der Waals surface area (Å²) in [6.45, 7) is 2.70. The van der Waals surface area contributed by atoms with E-state index in [1.165, 1.54) is 0 Å². The fourth-order valence-corrected chi connectivity index (χ4v) is 1.10. The van der Waals surface area contributed by atoms with Crippen LogP contribution in [0.15, 0.2) is 24.3 Å². The Labute approximate surface area is 102 Å². The van der Waals surface area contributed by atoms with Crippen LogP contribution in [0.2, 0.25) is 0 Å². The Hall–Kier alpha value is -1.26. The van der Waals surface area contributed by atoms with Gasteiger partial charge in [-0.05, 0) is 18.6 Å². The van der Waals surface area contributed by atoms with Gasteiger partial charge in [0.15, 0.2) is 0 Å². The molecule has 0 saturated heterocycles. The molecule has 1 aromatic carbocycles. The zero-order valence-electron chi connectivity index (χ0n) is 9.23. The highest BCUT2D eigenvalue weighted by molar-refractivity contribution is 5.92. The van der Waals surface area contributed by atoms with Gasteiger partial charge in [0.25, 0.3) is 0 Å². The summed E-state index contributed by atoms with van der Waals surface area (Å²) in [6, 6.07) is 7.26. The van der Waals surface area contributed by atoms with Crippen molar-refractivity contribution < 1.29 is 9.53 Å². The van der Waals surface area contributed by atoms with Gasteiger partial charge in [-0.15, -0.1) is 12.4 Å². The minimum atomic E-state index is -0.206. The zero-order chi connectivity index (χ0) is 11.1. The minimum Gasteiger partial charge on any atom is -0.494 e. The van der Waals surface area contributed by atoms with E-state index in [4.69, 9.17) is 10.5 Å². The van der Waals surface area contributed by atoms with Crippen LogP contribution in [0.3, 0.4) is 0 Å². The van der Waals surface area contributed by atoms with E-state index in [1.807, 2.05) is 19.1 Å². The van der Waals surface area contributed by atoms with E-state index in [0.717, 1.165) is 12.2 Å². The first kappa shape index (κ1) is 14.7. The Bertz CT molecular complexity index is 332. The predicted octanol–water partition coefficient (Wildman–Crippen LogP) is 1.79. The second-order valence-corrected chi connectivity index (χ2v) is 3.13. The molecular formula is C11H17ClN2O2. The number of hydrogen-bond acceptors (Lipinski definition) is 3. The van der Waals surface area contributed by atoms with E-state index in [0.29, 0.717) is 12.3 Å². The monoisotopic (exact) mass is 244 g/mol. The van der Waals surface area contributed by atoms with E-state index >= 15 is 0 Å². The van der Waals surface area contributed by atoms with E-state index in [-0.39, 0.29) is 24.9 Å². The number of anilines is 1. The maximum Gasteiger partial charge on any atom is 0.238 e. The van der Waals surface area contributed by atoms with Crippen LogP contribution in [0.5, 0.6) is 5.75 Å². The molecule has 0 aliphatic heterocycles. The molecule has 0 heterocycles. The van der Waals surface area contributed by atoms with Crippen LogP contribution in [0.25, 0.3) is 0 Å². The number of halogens is 1. The number of amides is 1. The lowest BCUT2D eigenvalue weighted by atomic mass is 10.3. The molecule has 1 rings (SSSR count). The molecule has 0 bridgehead atoms. The third-order valence-corrected chi connectivity index (χ3v) is 1.78. The Kier molecular flexibility index (Phi) is 7.33. The van der Waals surface area contributed by atoms with Crippen molar-refractivity contribution in [3.63, 3.8) is 0 Å². The summed E-state index contributed by atoms with van der Waals surface area (Å²) in [7, 11) is 0. The van der Waals surface area contributed by atoms with E-state index in [2.05, 4.69) is 5.32 Å². The SMILES string of the molecule is CCCOc1cccc(NC(=O)CN)c1.Cl. The lowest BCUT2D eigenvalue weighted by molar-refractivity contribution is -0.114.